The Bertz CT molecular complexity index is 435. The van der Waals surface area contributed by atoms with Gasteiger partial charge in [0.2, 0.25) is 5.91 Å². The van der Waals surface area contributed by atoms with Crippen LogP contribution in [-0.2, 0) is 4.79 Å². The lowest BCUT2D eigenvalue weighted by Gasteiger charge is -2.15. The van der Waals surface area contributed by atoms with Crippen molar-refractivity contribution in [2.45, 2.75) is 26.0 Å². The Kier molecular flexibility index (Phi) is 6.02. The Morgan fingerprint density at radius 2 is 2.11 bits per heavy atom. The topological polar surface area (TPSA) is 64.3 Å². The Balaban J connectivity index is 2.57. The molecular weight excluding hydrogens is 260 g/mol. The van der Waals surface area contributed by atoms with E-state index in [1.807, 2.05) is 0 Å². The first-order valence-corrected chi connectivity index (χ1v) is 7.34. The third-order valence-corrected chi connectivity index (χ3v) is 4.41. The quantitative estimate of drug-likeness (QED) is 0.787. The van der Waals surface area contributed by atoms with Crippen molar-refractivity contribution < 1.29 is 9.53 Å². The van der Waals surface area contributed by atoms with Crippen LogP contribution in [0.5, 0.6) is 5.75 Å². The highest BCUT2D eigenvalue weighted by Crippen LogP contribution is 2.27. The van der Waals surface area contributed by atoms with Crippen LogP contribution in [0.25, 0.3) is 0 Å². The molecule has 0 saturated heterocycles. The molecule has 0 saturated carbocycles. The van der Waals surface area contributed by atoms with Crippen LogP contribution in [0.3, 0.4) is 0 Å². The van der Waals surface area contributed by atoms with Gasteiger partial charge in [-0.25, -0.2) is 0 Å². The lowest BCUT2D eigenvalue weighted by atomic mass is 10.2. The SMILES string of the molecule is COc1cc(N)ccc1NC(=O)CSC(C)C(C)C. The zero-order valence-corrected chi connectivity index (χ0v) is 12.7. The number of nitrogens with two attached hydrogens (primary N) is 1. The number of carbonyl (C=O) groups is 1. The summed E-state index contributed by atoms with van der Waals surface area (Å²) in [6.45, 7) is 6.43. The molecular formula is C14H22N2O2S. The summed E-state index contributed by atoms with van der Waals surface area (Å²) in [5.41, 5.74) is 6.93. The van der Waals surface area contributed by atoms with Crippen LogP contribution in [0.2, 0.25) is 0 Å². The minimum Gasteiger partial charge on any atom is -0.494 e. The van der Waals surface area contributed by atoms with Gasteiger partial charge in [-0.05, 0) is 18.1 Å². The number of thioether (sulfide) groups is 1. The molecule has 19 heavy (non-hydrogen) atoms. The minimum atomic E-state index is -0.0272. The van der Waals surface area contributed by atoms with Crippen LogP contribution in [0.1, 0.15) is 20.8 Å². The Morgan fingerprint density at radius 1 is 1.42 bits per heavy atom. The zero-order valence-electron chi connectivity index (χ0n) is 11.9. The van der Waals surface area contributed by atoms with Gasteiger partial charge in [0.1, 0.15) is 5.75 Å². The highest BCUT2D eigenvalue weighted by atomic mass is 32.2. The first-order chi connectivity index (χ1) is 8.93. The van der Waals surface area contributed by atoms with Crippen molar-refractivity contribution in [1.82, 2.24) is 0 Å². The van der Waals surface area contributed by atoms with Crippen molar-refractivity contribution in [3.05, 3.63) is 18.2 Å². The van der Waals surface area contributed by atoms with Gasteiger partial charge in [-0.3, -0.25) is 4.79 Å². The first-order valence-electron chi connectivity index (χ1n) is 6.29. The first kappa shape index (κ1) is 15.7. The number of rotatable bonds is 6. The molecule has 4 nitrogen and oxygen atoms in total. The molecule has 0 aliphatic rings. The van der Waals surface area contributed by atoms with Gasteiger partial charge in [0.25, 0.3) is 0 Å². The monoisotopic (exact) mass is 282 g/mol. The summed E-state index contributed by atoms with van der Waals surface area (Å²) in [5.74, 6) is 1.55. The molecule has 3 N–H and O–H groups in total. The van der Waals surface area contributed by atoms with Crippen molar-refractivity contribution in [2.75, 3.05) is 23.9 Å². The van der Waals surface area contributed by atoms with Crippen molar-refractivity contribution >= 4 is 29.0 Å². The van der Waals surface area contributed by atoms with Crippen molar-refractivity contribution in [3.63, 3.8) is 0 Å². The summed E-state index contributed by atoms with van der Waals surface area (Å²) in [6, 6.07) is 5.18. The van der Waals surface area contributed by atoms with Gasteiger partial charge >= 0.3 is 0 Å². The average Bonchev–Trinajstić information content (AvgIpc) is 2.37. The van der Waals surface area contributed by atoms with Crippen LogP contribution < -0.4 is 15.8 Å². The lowest BCUT2D eigenvalue weighted by Crippen LogP contribution is -2.18. The van der Waals surface area contributed by atoms with Gasteiger partial charge in [-0.1, -0.05) is 20.8 Å². The fraction of sp³-hybridized carbons (Fsp3) is 0.500. The second kappa shape index (κ2) is 7.28. The van der Waals surface area contributed by atoms with Crippen molar-refractivity contribution in [1.29, 1.82) is 0 Å². The molecule has 0 aliphatic heterocycles. The molecule has 1 amide bonds. The second-order valence-electron chi connectivity index (χ2n) is 4.77. The summed E-state index contributed by atoms with van der Waals surface area (Å²) in [5, 5.41) is 3.30. The normalized spacial score (nSPS) is 12.3. The van der Waals surface area contributed by atoms with Gasteiger partial charge in [0.15, 0.2) is 0 Å². The van der Waals surface area contributed by atoms with E-state index in [2.05, 4.69) is 26.1 Å². The predicted octanol–water partition coefficient (Wildman–Crippen LogP) is 2.99. The number of ether oxygens (including phenoxy) is 1. The number of hydrogen-bond acceptors (Lipinski definition) is 4. The molecule has 0 aromatic heterocycles. The standard InChI is InChI=1S/C14H22N2O2S/c1-9(2)10(3)19-8-14(17)16-12-6-5-11(15)7-13(12)18-4/h5-7,9-10H,8,15H2,1-4H3,(H,16,17). The molecule has 1 aromatic carbocycles. The van der Waals surface area contributed by atoms with E-state index in [-0.39, 0.29) is 5.91 Å². The van der Waals surface area contributed by atoms with Crippen LogP contribution >= 0.6 is 11.8 Å². The van der Waals surface area contributed by atoms with Gasteiger partial charge in [-0.15, -0.1) is 11.8 Å². The molecule has 106 valence electrons. The lowest BCUT2D eigenvalue weighted by molar-refractivity contribution is -0.113. The van der Waals surface area contributed by atoms with Crippen molar-refractivity contribution in [2.24, 2.45) is 5.92 Å². The van der Waals surface area contributed by atoms with Gasteiger partial charge in [0, 0.05) is 17.0 Å². The predicted molar refractivity (Wildman–Crippen MR) is 82.8 cm³/mol. The molecule has 0 radical (unpaired) electrons. The minimum absolute atomic E-state index is 0.0272. The van der Waals surface area contributed by atoms with Gasteiger partial charge in [-0.2, -0.15) is 0 Å². The maximum absolute atomic E-state index is 11.9. The average molecular weight is 282 g/mol. The zero-order chi connectivity index (χ0) is 14.4. The van der Waals surface area contributed by atoms with Gasteiger partial charge < -0.3 is 15.8 Å². The maximum atomic E-state index is 11.9. The fourth-order valence-electron chi connectivity index (χ4n) is 1.40. The second-order valence-corrected chi connectivity index (χ2v) is 6.13. The number of carbonyl (C=O) groups excluding carboxylic acids is 1. The largest absolute Gasteiger partial charge is 0.494 e. The molecule has 1 unspecified atom stereocenters. The summed E-state index contributed by atoms with van der Waals surface area (Å²) >= 11 is 1.65. The summed E-state index contributed by atoms with van der Waals surface area (Å²) in [7, 11) is 1.56. The molecule has 1 atom stereocenters. The number of hydrogen-bond donors (Lipinski definition) is 2. The highest BCUT2D eigenvalue weighted by molar-refractivity contribution is 8.00. The Labute approximate surface area is 119 Å². The molecule has 1 rings (SSSR count). The van der Waals surface area contributed by atoms with E-state index in [1.165, 1.54) is 0 Å². The molecule has 5 heteroatoms. The van der Waals surface area contributed by atoms with E-state index >= 15 is 0 Å². The third kappa shape index (κ3) is 5.03. The molecule has 0 fully saturated rings. The van der Waals surface area contributed by atoms with E-state index < -0.39 is 0 Å². The molecule has 0 heterocycles. The number of nitrogens with one attached hydrogen (secondary N) is 1. The maximum Gasteiger partial charge on any atom is 0.234 e. The van der Waals surface area contributed by atoms with E-state index in [4.69, 9.17) is 10.5 Å². The number of anilines is 2. The van der Waals surface area contributed by atoms with E-state index in [0.717, 1.165) is 0 Å². The van der Waals surface area contributed by atoms with Crippen molar-refractivity contribution in [3.8, 4) is 5.75 Å². The summed E-state index contributed by atoms with van der Waals surface area (Å²) in [6.07, 6.45) is 0. The fourth-order valence-corrected chi connectivity index (χ4v) is 2.27. The summed E-state index contributed by atoms with van der Waals surface area (Å²) in [4.78, 5) is 11.9. The van der Waals surface area contributed by atoms with Crippen LogP contribution in [0.4, 0.5) is 11.4 Å². The smallest absolute Gasteiger partial charge is 0.234 e. The van der Waals surface area contributed by atoms with E-state index in [1.54, 1.807) is 37.1 Å². The molecule has 0 aliphatic carbocycles. The third-order valence-electron chi connectivity index (χ3n) is 2.92. The highest BCUT2D eigenvalue weighted by Gasteiger charge is 2.12. The molecule has 0 spiro atoms. The number of benzene rings is 1. The van der Waals surface area contributed by atoms with Crippen LogP contribution in [0, 0.1) is 5.92 Å². The van der Waals surface area contributed by atoms with E-state index in [0.29, 0.717) is 34.0 Å². The van der Waals surface area contributed by atoms with Crippen LogP contribution in [0.15, 0.2) is 18.2 Å². The number of amides is 1. The molecule has 0 bridgehead atoms. The van der Waals surface area contributed by atoms with Crippen LogP contribution in [-0.4, -0.2) is 24.0 Å². The number of methoxy groups -OCH3 is 1. The molecule has 1 aromatic rings. The number of nitrogen functional groups attached to an aromatic ring is 1. The van der Waals surface area contributed by atoms with Gasteiger partial charge in [0.05, 0.1) is 18.6 Å². The van der Waals surface area contributed by atoms with E-state index in [9.17, 15) is 4.79 Å². The Morgan fingerprint density at radius 3 is 2.68 bits per heavy atom. The Hall–Kier alpha value is -1.36. The summed E-state index contributed by atoms with van der Waals surface area (Å²) < 4.78 is 5.19.